The summed E-state index contributed by atoms with van der Waals surface area (Å²) >= 11 is 0. The number of aliphatic hydroxyl groups excluding tert-OH is 1. The summed E-state index contributed by atoms with van der Waals surface area (Å²) in [4.78, 5) is 11.5. The quantitative estimate of drug-likeness (QED) is 0.437. The van der Waals surface area contributed by atoms with Gasteiger partial charge in [-0.15, -0.1) is 0 Å². The highest BCUT2D eigenvalue weighted by atomic mass is 16.3. The van der Waals surface area contributed by atoms with Crippen LogP contribution in [0.1, 0.15) is 12.8 Å². The third kappa shape index (κ3) is 1.90. The molecule has 2 aliphatic rings. The van der Waals surface area contributed by atoms with E-state index in [2.05, 4.69) is 5.32 Å². The van der Waals surface area contributed by atoms with E-state index in [4.69, 9.17) is 16.6 Å². The van der Waals surface area contributed by atoms with Crippen LogP contribution in [-0.4, -0.2) is 30.2 Å². The van der Waals surface area contributed by atoms with Gasteiger partial charge in [-0.05, 0) is 25.0 Å². The minimum Gasteiger partial charge on any atom is -0.396 e. The number of hydrogen-bond acceptors (Lipinski definition) is 4. The molecule has 0 saturated heterocycles. The van der Waals surface area contributed by atoms with Crippen LogP contribution >= 0.6 is 0 Å². The molecule has 2 rings (SSSR count). The number of rotatable bonds is 6. The fourth-order valence-corrected chi connectivity index (χ4v) is 1.93. The van der Waals surface area contributed by atoms with Gasteiger partial charge in [-0.25, -0.2) is 0 Å². The predicted molar refractivity (Wildman–Crippen MR) is 55.5 cm³/mol. The Morgan fingerprint density at radius 3 is 2.80 bits per heavy atom. The predicted octanol–water partition coefficient (Wildman–Crippen LogP) is -1.33. The van der Waals surface area contributed by atoms with E-state index in [1.54, 1.807) is 0 Å². The van der Waals surface area contributed by atoms with Crippen molar-refractivity contribution in [3.63, 3.8) is 0 Å². The molecule has 84 valence electrons. The monoisotopic (exact) mass is 211 g/mol. The second-order valence-electron chi connectivity index (χ2n) is 4.16. The van der Waals surface area contributed by atoms with Gasteiger partial charge in [-0.1, -0.05) is 0 Å². The van der Waals surface area contributed by atoms with Crippen molar-refractivity contribution < 1.29 is 9.90 Å². The first-order chi connectivity index (χ1) is 7.20. The molecule has 1 amide bonds. The normalized spacial score (nSPS) is 28.5. The third-order valence-electron chi connectivity index (χ3n) is 3.08. The van der Waals surface area contributed by atoms with Gasteiger partial charge in [0.15, 0.2) is 0 Å². The zero-order chi connectivity index (χ0) is 11.0. The molecule has 1 fully saturated rings. The van der Waals surface area contributed by atoms with Crippen molar-refractivity contribution in [3.05, 3.63) is 11.3 Å². The third-order valence-corrected chi connectivity index (χ3v) is 3.08. The number of carbonyl (C=O) groups excluding carboxylic acids is 1. The lowest BCUT2D eigenvalue weighted by molar-refractivity contribution is -0.121. The van der Waals surface area contributed by atoms with Crippen molar-refractivity contribution >= 4 is 5.91 Å². The first-order valence-electron chi connectivity index (χ1n) is 5.32. The summed E-state index contributed by atoms with van der Waals surface area (Å²) in [5, 5.41) is 11.6. The van der Waals surface area contributed by atoms with Crippen LogP contribution in [0.5, 0.6) is 0 Å². The van der Waals surface area contributed by atoms with E-state index in [1.807, 2.05) is 0 Å². The lowest BCUT2D eigenvalue weighted by Gasteiger charge is -2.11. The second-order valence-corrected chi connectivity index (χ2v) is 4.16. The lowest BCUT2D eigenvalue weighted by Crippen LogP contribution is -2.40. The molecule has 15 heavy (non-hydrogen) atoms. The Balaban J connectivity index is 1.71. The minimum absolute atomic E-state index is 0.130. The van der Waals surface area contributed by atoms with Gasteiger partial charge in [-0.3, -0.25) is 4.79 Å². The molecule has 2 aliphatic carbocycles. The van der Waals surface area contributed by atoms with Crippen LogP contribution in [0.4, 0.5) is 0 Å². The zero-order valence-electron chi connectivity index (χ0n) is 8.57. The molecule has 5 heteroatoms. The van der Waals surface area contributed by atoms with E-state index in [0.29, 0.717) is 24.8 Å². The molecule has 0 aromatic carbocycles. The summed E-state index contributed by atoms with van der Waals surface area (Å²) in [6, 6.07) is -0.464. The van der Waals surface area contributed by atoms with Crippen LogP contribution in [0.2, 0.25) is 0 Å². The standard InChI is InChI=1S/C10H17N3O2/c11-3-1-2-6(12)10(15)13-9-7-5(4-14)8(7)9/h5-7,14H,1-4,11-12H2,(H,13,15)/t5-,6+,7?/m1/s1. The summed E-state index contributed by atoms with van der Waals surface area (Å²) in [6.07, 6.45) is 1.39. The van der Waals surface area contributed by atoms with Crippen molar-refractivity contribution in [2.75, 3.05) is 13.2 Å². The second kappa shape index (κ2) is 3.92. The first kappa shape index (κ1) is 10.6. The minimum atomic E-state index is -0.464. The largest absolute Gasteiger partial charge is 0.396 e. The Morgan fingerprint density at radius 1 is 1.60 bits per heavy atom. The highest BCUT2D eigenvalue weighted by Gasteiger charge is 2.62. The molecule has 6 N–H and O–H groups in total. The van der Waals surface area contributed by atoms with Gasteiger partial charge in [-0.2, -0.15) is 0 Å². The Labute approximate surface area is 88.5 Å². The molecule has 0 aliphatic heterocycles. The topological polar surface area (TPSA) is 101 Å². The molecular weight excluding hydrogens is 194 g/mol. The van der Waals surface area contributed by atoms with E-state index in [1.165, 1.54) is 5.57 Å². The summed E-state index contributed by atoms with van der Waals surface area (Å²) in [5.41, 5.74) is 13.2. The Hall–Kier alpha value is -0.910. The van der Waals surface area contributed by atoms with Gasteiger partial charge in [0.1, 0.15) is 0 Å². The molecule has 0 bridgehead atoms. The van der Waals surface area contributed by atoms with Crippen LogP contribution in [0.15, 0.2) is 11.3 Å². The molecule has 0 radical (unpaired) electrons. The van der Waals surface area contributed by atoms with Gasteiger partial charge in [0.25, 0.3) is 0 Å². The number of aliphatic hydroxyl groups is 1. The summed E-state index contributed by atoms with van der Waals surface area (Å²) in [6.45, 7) is 0.753. The molecular formula is C10H17N3O2. The molecule has 0 aromatic rings. The van der Waals surface area contributed by atoms with Crippen molar-refractivity contribution in [1.82, 2.24) is 5.32 Å². The maximum Gasteiger partial charge on any atom is 0.241 e. The molecule has 3 atom stereocenters. The van der Waals surface area contributed by atoms with Crippen LogP contribution in [0.3, 0.4) is 0 Å². The van der Waals surface area contributed by atoms with Crippen LogP contribution in [-0.2, 0) is 4.79 Å². The molecule has 1 unspecified atom stereocenters. The maximum absolute atomic E-state index is 11.5. The van der Waals surface area contributed by atoms with Crippen LogP contribution in [0.25, 0.3) is 0 Å². The number of carbonyl (C=O) groups is 1. The highest BCUT2D eigenvalue weighted by Crippen LogP contribution is 2.65. The van der Waals surface area contributed by atoms with Gasteiger partial charge in [0, 0.05) is 17.5 Å². The lowest BCUT2D eigenvalue weighted by atomic mass is 10.1. The molecule has 5 nitrogen and oxygen atoms in total. The van der Waals surface area contributed by atoms with Crippen molar-refractivity contribution in [3.8, 4) is 0 Å². The van der Waals surface area contributed by atoms with Crippen molar-refractivity contribution in [2.24, 2.45) is 23.3 Å². The van der Waals surface area contributed by atoms with E-state index >= 15 is 0 Å². The molecule has 0 heterocycles. The number of allylic oxidation sites excluding steroid dienone is 1. The molecule has 0 spiro atoms. The maximum atomic E-state index is 11.5. The SMILES string of the molecule is NCCC[C@H](N)C(=O)NC1=C2C1[C@H]2CO. The number of nitrogens with one attached hydrogen (secondary N) is 1. The fourth-order valence-electron chi connectivity index (χ4n) is 1.93. The average molecular weight is 211 g/mol. The highest BCUT2D eigenvalue weighted by molar-refractivity contribution is 5.85. The van der Waals surface area contributed by atoms with Gasteiger partial charge in [0.2, 0.25) is 5.91 Å². The van der Waals surface area contributed by atoms with E-state index in [9.17, 15) is 4.79 Å². The Bertz CT molecular complexity index is 314. The number of nitrogens with two attached hydrogens (primary N) is 2. The Morgan fingerprint density at radius 2 is 2.27 bits per heavy atom. The van der Waals surface area contributed by atoms with E-state index in [0.717, 1.165) is 12.1 Å². The Kier molecular flexibility index (Phi) is 2.77. The van der Waals surface area contributed by atoms with Gasteiger partial charge in [0.05, 0.1) is 12.6 Å². The molecule has 0 aromatic heterocycles. The van der Waals surface area contributed by atoms with Gasteiger partial charge < -0.3 is 21.9 Å². The van der Waals surface area contributed by atoms with Gasteiger partial charge >= 0.3 is 0 Å². The van der Waals surface area contributed by atoms with E-state index < -0.39 is 6.04 Å². The van der Waals surface area contributed by atoms with Crippen molar-refractivity contribution in [1.29, 1.82) is 0 Å². The van der Waals surface area contributed by atoms with E-state index in [-0.39, 0.29) is 12.5 Å². The zero-order valence-corrected chi connectivity index (χ0v) is 8.57. The fraction of sp³-hybridized carbons (Fsp3) is 0.700. The number of hydrogen-bond donors (Lipinski definition) is 4. The first-order valence-corrected chi connectivity index (χ1v) is 5.32. The van der Waals surface area contributed by atoms with Crippen molar-refractivity contribution in [2.45, 2.75) is 18.9 Å². The summed E-state index contributed by atoms with van der Waals surface area (Å²) < 4.78 is 0. The average Bonchev–Trinajstić information content (AvgIpc) is 3.10. The summed E-state index contributed by atoms with van der Waals surface area (Å²) in [5.74, 6) is 0.552. The molecule has 1 saturated carbocycles. The van der Waals surface area contributed by atoms with Crippen LogP contribution in [0, 0.1) is 11.8 Å². The van der Waals surface area contributed by atoms with Crippen LogP contribution < -0.4 is 16.8 Å². The smallest absolute Gasteiger partial charge is 0.241 e. The summed E-state index contributed by atoms with van der Waals surface area (Å²) in [7, 11) is 0. The number of fused-ring (bicyclic) bond motifs is 1. The number of amides is 1.